The van der Waals surface area contributed by atoms with Gasteiger partial charge < -0.3 is 15.3 Å². The molecule has 2 bridgehead atoms. The second-order valence-corrected chi connectivity index (χ2v) is 6.57. The molecule has 2 fully saturated rings. The van der Waals surface area contributed by atoms with E-state index in [0.29, 0.717) is 23.6 Å². The molecule has 22 heavy (non-hydrogen) atoms. The van der Waals surface area contributed by atoms with Gasteiger partial charge in [0.05, 0.1) is 16.8 Å². The van der Waals surface area contributed by atoms with Crippen LogP contribution in [-0.4, -0.2) is 40.0 Å². The molecule has 2 aliphatic heterocycles. The second-order valence-electron chi connectivity index (χ2n) is 6.16. The summed E-state index contributed by atoms with van der Waals surface area (Å²) in [6.07, 6.45) is 2.45. The molecule has 0 saturated carbocycles. The van der Waals surface area contributed by atoms with Crippen molar-refractivity contribution in [3.63, 3.8) is 0 Å². The number of nitrogens with zero attached hydrogens (tertiary/aromatic N) is 1. The van der Waals surface area contributed by atoms with Gasteiger partial charge in [-0.25, -0.2) is 0 Å². The van der Waals surface area contributed by atoms with E-state index in [-0.39, 0.29) is 18.2 Å². The van der Waals surface area contributed by atoms with Crippen LogP contribution in [0.4, 0.5) is 5.69 Å². The van der Waals surface area contributed by atoms with Crippen LogP contribution in [-0.2, 0) is 9.59 Å². The molecule has 2 heterocycles. The number of nitrogens with one attached hydrogen (secondary N) is 1. The number of piperidine rings is 1. The molecule has 6 heteroatoms. The van der Waals surface area contributed by atoms with E-state index < -0.39 is 11.8 Å². The summed E-state index contributed by atoms with van der Waals surface area (Å²) in [6.45, 7) is 1.90. The zero-order chi connectivity index (χ0) is 15.9. The number of aliphatic hydroxyl groups is 1. The van der Waals surface area contributed by atoms with Crippen LogP contribution in [0.15, 0.2) is 18.2 Å². The third-order valence-electron chi connectivity index (χ3n) is 4.51. The zero-order valence-electron chi connectivity index (χ0n) is 12.4. The Morgan fingerprint density at radius 1 is 1.27 bits per heavy atom. The summed E-state index contributed by atoms with van der Waals surface area (Å²) < 4.78 is 0. The van der Waals surface area contributed by atoms with Gasteiger partial charge in [0.25, 0.3) is 0 Å². The molecule has 0 radical (unpaired) electrons. The first kappa shape index (κ1) is 15.3. The quantitative estimate of drug-likeness (QED) is 0.778. The summed E-state index contributed by atoms with van der Waals surface area (Å²) in [5.74, 6) is -1.20. The van der Waals surface area contributed by atoms with Crippen molar-refractivity contribution < 1.29 is 14.7 Å². The Balaban J connectivity index is 1.71. The summed E-state index contributed by atoms with van der Waals surface area (Å²) in [5.41, 5.74) is 1.42. The normalized spacial score (nSPS) is 26.9. The summed E-state index contributed by atoms with van der Waals surface area (Å²) >= 11 is 6.08. The van der Waals surface area contributed by atoms with Crippen LogP contribution >= 0.6 is 11.6 Å². The third kappa shape index (κ3) is 2.83. The van der Waals surface area contributed by atoms with Crippen molar-refractivity contribution in [2.24, 2.45) is 0 Å². The number of carbonyl (C=O) groups is 2. The van der Waals surface area contributed by atoms with Gasteiger partial charge in [-0.05, 0) is 50.3 Å². The summed E-state index contributed by atoms with van der Waals surface area (Å²) in [7, 11) is 0. The number of anilines is 1. The standard InChI is InChI=1S/C16H19ClN2O3/c1-9-2-5-14(13(17)6-9)18-15(21)16(22)19-10-3-4-11(19)8-12(20)7-10/h2,5-6,10-12,20H,3-4,7-8H2,1H3,(H,18,21)/t10-,11-/m0/s1. The molecule has 2 saturated heterocycles. The number of amides is 2. The van der Waals surface area contributed by atoms with Crippen LogP contribution in [0.2, 0.25) is 5.02 Å². The van der Waals surface area contributed by atoms with Gasteiger partial charge >= 0.3 is 11.8 Å². The van der Waals surface area contributed by atoms with Gasteiger partial charge in [-0.1, -0.05) is 17.7 Å². The number of aryl methyl sites for hydroxylation is 1. The monoisotopic (exact) mass is 322 g/mol. The maximum Gasteiger partial charge on any atom is 0.313 e. The van der Waals surface area contributed by atoms with Crippen molar-refractivity contribution in [2.75, 3.05) is 5.32 Å². The average molecular weight is 323 g/mol. The molecular weight excluding hydrogens is 304 g/mol. The minimum atomic E-state index is -0.668. The smallest absolute Gasteiger partial charge is 0.313 e. The van der Waals surface area contributed by atoms with Gasteiger partial charge in [-0.3, -0.25) is 9.59 Å². The van der Waals surface area contributed by atoms with Crippen molar-refractivity contribution in [3.8, 4) is 0 Å². The van der Waals surface area contributed by atoms with Crippen LogP contribution in [0.1, 0.15) is 31.2 Å². The SMILES string of the molecule is Cc1ccc(NC(=O)C(=O)N2[C@H]3CC[C@H]2CC(O)C3)c(Cl)c1. The molecule has 0 spiro atoms. The van der Waals surface area contributed by atoms with Crippen molar-refractivity contribution in [2.45, 2.75) is 50.8 Å². The van der Waals surface area contributed by atoms with Crippen molar-refractivity contribution in [1.82, 2.24) is 4.90 Å². The predicted octanol–water partition coefficient (Wildman–Crippen LogP) is 2.10. The number of carbonyl (C=O) groups excluding carboxylic acids is 2. The summed E-state index contributed by atoms with van der Waals surface area (Å²) in [5, 5.41) is 12.8. The molecule has 5 nitrogen and oxygen atoms in total. The molecule has 2 amide bonds. The molecular formula is C16H19ClN2O3. The van der Waals surface area contributed by atoms with Crippen molar-refractivity contribution >= 4 is 29.1 Å². The molecule has 1 aromatic carbocycles. The van der Waals surface area contributed by atoms with Gasteiger partial charge in [0, 0.05) is 12.1 Å². The van der Waals surface area contributed by atoms with Gasteiger partial charge in [-0.15, -0.1) is 0 Å². The van der Waals surface area contributed by atoms with Gasteiger partial charge in [0.1, 0.15) is 0 Å². The molecule has 2 aliphatic rings. The number of aliphatic hydroxyl groups excluding tert-OH is 1. The number of fused-ring (bicyclic) bond motifs is 2. The highest BCUT2D eigenvalue weighted by atomic mass is 35.5. The van der Waals surface area contributed by atoms with E-state index in [1.807, 2.05) is 13.0 Å². The Morgan fingerprint density at radius 3 is 2.50 bits per heavy atom. The largest absolute Gasteiger partial charge is 0.393 e. The van der Waals surface area contributed by atoms with Gasteiger partial charge in [0.15, 0.2) is 0 Å². The van der Waals surface area contributed by atoms with E-state index in [1.165, 1.54) is 0 Å². The predicted molar refractivity (Wildman–Crippen MR) is 83.7 cm³/mol. The molecule has 0 unspecified atom stereocenters. The molecule has 118 valence electrons. The lowest BCUT2D eigenvalue weighted by molar-refractivity contribution is -0.147. The van der Waals surface area contributed by atoms with Crippen LogP contribution in [0, 0.1) is 6.92 Å². The van der Waals surface area contributed by atoms with E-state index in [2.05, 4.69) is 5.32 Å². The maximum absolute atomic E-state index is 12.4. The lowest BCUT2D eigenvalue weighted by Gasteiger charge is -2.36. The number of hydrogen-bond acceptors (Lipinski definition) is 3. The molecule has 2 atom stereocenters. The number of benzene rings is 1. The molecule has 0 aromatic heterocycles. The van der Waals surface area contributed by atoms with Crippen LogP contribution in [0.25, 0.3) is 0 Å². The lowest BCUT2D eigenvalue weighted by Crippen LogP contribution is -2.51. The van der Waals surface area contributed by atoms with Crippen LogP contribution < -0.4 is 5.32 Å². The fourth-order valence-corrected chi connectivity index (χ4v) is 3.78. The fourth-order valence-electron chi connectivity index (χ4n) is 3.49. The van der Waals surface area contributed by atoms with E-state index in [4.69, 9.17) is 11.6 Å². The summed E-state index contributed by atoms with van der Waals surface area (Å²) in [4.78, 5) is 26.3. The Kier molecular flexibility index (Phi) is 4.10. The number of halogens is 1. The second kappa shape index (κ2) is 5.89. The highest BCUT2D eigenvalue weighted by Gasteiger charge is 2.44. The summed E-state index contributed by atoms with van der Waals surface area (Å²) in [6, 6.07) is 5.20. The molecule has 1 aromatic rings. The van der Waals surface area contributed by atoms with Crippen molar-refractivity contribution in [1.29, 1.82) is 0 Å². The number of hydrogen-bond donors (Lipinski definition) is 2. The van der Waals surface area contributed by atoms with E-state index in [1.54, 1.807) is 17.0 Å². The van der Waals surface area contributed by atoms with Gasteiger partial charge in [0.2, 0.25) is 0 Å². The topological polar surface area (TPSA) is 69.6 Å². The first-order chi connectivity index (χ1) is 10.5. The minimum absolute atomic E-state index is 0.0273. The fraction of sp³-hybridized carbons (Fsp3) is 0.500. The average Bonchev–Trinajstić information content (AvgIpc) is 2.73. The Bertz CT molecular complexity index is 605. The highest BCUT2D eigenvalue weighted by Crippen LogP contribution is 2.36. The van der Waals surface area contributed by atoms with Crippen molar-refractivity contribution in [3.05, 3.63) is 28.8 Å². The van der Waals surface area contributed by atoms with E-state index >= 15 is 0 Å². The third-order valence-corrected chi connectivity index (χ3v) is 4.82. The molecule has 2 N–H and O–H groups in total. The highest BCUT2D eigenvalue weighted by molar-refractivity contribution is 6.41. The maximum atomic E-state index is 12.4. The Hall–Kier alpha value is -1.59. The first-order valence-electron chi connectivity index (χ1n) is 7.53. The Labute approximate surface area is 134 Å². The van der Waals surface area contributed by atoms with Crippen LogP contribution in [0.3, 0.4) is 0 Å². The Morgan fingerprint density at radius 2 is 1.91 bits per heavy atom. The van der Waals surface area contributed by atoms with E-state index in [0.717, 1.165) is 18.4 Å². The van der Waals surface area contributed by atoms with E-state index in [9.17, 15) is 14.7 Å². The minimum Gasteiger partial charge on any atom is -0.393 e. The number of rotatable bonds is 1. The van der Waals surface area contributed by atoms with Crippen LogP contribution in [0.5, 0.6) is 0 Å². The lowest BCUT2D eigenvalue weighted by atomic mass is 10.00. The first-order valence-corrected chi connectivity index (χ1v) is 7.91. The van der Waals surface area contributed by atoms with Gasteiger partial charge in [-0.2, -0.15) is 0 Å². The molecule has 0 aliphatic carbocycles. The zero-order valence-corrected chi connectivity index (χ0v) is 13.1. The molecule has 3 rings (SSSR count).